The molecule has 1 aromatic heterocycles. The van der Waals surface area contributed by atoms with E-state index in [1.54, 1.807) is 0 Å². The van der Waals surface area contributed by atoms with E-state index in [2.05, 4.69) is 36.0 Å². The van der Waals surface area contributed by atoms with Gasteiger partial charge in [0.05, 0.1) is 12.2 Å². The Labute approximate surface area is 153 Å². The van der Waals surface area contributed by atoms with Gasteiger partial charge in [-0.05, 0) is 19.4 Å². The normalized spacial score (nSPS) is 22.2. The summed E-state index contributed by atoms with van der Waals surface area (Å²) in [6, 6.07) is 20.2. The van der Waals surface area contributed by atoms with Crippen molar-refractivity contribution in [2.24, 2.45) is 0 Å². The lowest BCUT2D eigenvalue weighted by Gasteiger charge is -2.38. The molecule has 1 fully saturated rings. The molecule has 1 saturated heterocycles. The number of hydrogen-bond acceptors (Lipinski definition) is 5. The average Bonchev–Trinajstić information content (AvgIpc) is 3.12. The molecule has 4 rings (SSSR count). The lowest BCUT2D eigenvalue weighted by atomic mass is 10.0. The van der Waals surface area contributed by atoms with Crippen molar-refractivity contribution in [3.8, 4) is 11.4 Å². The standard InChI is InChI=1S/C21H23N3O2/c1-15-13-24(14-16(2)25-15)19(17-9-5-3-6-10-17)21-22-20(23-26-21)18-11-7-4-8-12-18/h3-12,15-16,19H,13-14H2,1-2H3/t15-,16-,19+/m1/s1. The number of rotatable bonds is 4. The number of ether oxygens (including phenoxy) is 1. The van der Waals surface area contributed by atoms with Gasteiger partial charge in [0, 0.05) is 18.7 Å². The molecule has 134 valence electrons. The molecule has 0 amide bonds. The van der Waals surface area contributed by atoms with Crippen molar-refractivity contribution in [1.82, 2.24) is 15.0 Å². The summed E-state index contributed by atoms with van der Waals surface area (Å²) >= 11 is 0. The zero-order valence-electron chi connectivity index (χ0n) is 15.1. The van der Waals surface area contributed by atoms with Crippen LogP contribution >= 0.6 is 0 Å². The molecular weight excluding hydrogens is 326 g/mol. The predicted octanol–water partition coefficient (Wildman–Crippen LogP) is 3.94. The van der Waals surface area contributed by atoms with Crippen molar-refractivity contribution in [2.45, 2.75) is 32.1 Å². The molecule has 1 aliphatic heterocycles. The van der Waals surface area contributed by atoms with Gasteiger partial charge in [-0.15, -0.1) is 0 Å². The fourth-order valence-electron chi connectivity index (χ4n) is 3.62. The van der Waals surface area contributed by atoms with E-state index < -0.39 is 0 Å². The Morgan fingerprint density at radius 2 is 1.54 bits per heavy atom. The minimum atomic E-state index is -0.0741. The minimum absolute atomic E-state index is 0.0741. The topological polar surface area (TPSA) is 51.4 Å². The van der Waals surface area contributed by atoms with Crippen LogP contribution in [0.5, 0.6) is 0 Å². The lowest BCUT2D eigenvalue weighted by molar-refractivity contribution is -0.0791. The van der Waals surface area contributed by atoms with Gasteiger partial charge in [0.1, 0.15) is 6.04 Å². The maximum atomic E-state index is 5.90. The SMILES string of the molecule is C[C@@H]1CN([C@@H](c2ccccc2)c2nc(-c3ccccc3)no2)C[C@@H](C)O1. The summed E-state index contributed by atoms with van der Waals surface area (Å²) in [4.78, 5) is 7.09. The summed E-state index contributed by atoms with van der Waals surface area (Å²) in [5.74, 6) is 1.24. The summed E-state index contributed by atoms with van der Waals surface area (Å²) in [5.41, 5.74) is 2.11. The van der Waals surface area contributed by atoms with Crippen LogP contribution in [0, 0.1) is 0 Å². The highest BCUT2D eigenvalue weighted by Gasteiger charge is 2.33. The van der Waals surface area contributed by atoms with Crippen molar-refractivity contribution >= 4 is 0 Å². The second-order valence-corrected chi connectivity index (χ2v) is 6.85. The highest BCUT2D eigenvalue weighted by molar-refractivity contribution is 5.53. The zero-order valence-corrected chi connectivity index (χ0v) is 15.1. The number of aromatic nitrogens is 2. The lowest BCUT2D eigenvalue weighted by Crippen LogP contribution is -2.47. The number of nitrogens with zero attached hydrogens (tertiary/aromatic N) is 3. The molecule has 5 heteroatoms. The zero-order chi connectivity index (χ0) is 17.9. The monoisotopic (exact) mass is 349 g/mol. The highest BCUT2D eigenvalue weighted by atomic mass is 16.5. The van der Waals surface area contributed by atoms with Gasteiger partial charge in [-0.2, -0.15) is 4.98 Å². The smallest absolute Gasteiger partial charge is 0.248 e. The van der Waals surface area contributed by atoms with Gasteiger partial charge in [0.2, 0.25) is 11.7 Å². The molecule has 0 radical (unpaired) electrons. The van der Waals surface area contributed by atoms with Crippen molar-refractivity contribution < 1.29 is 9.26 Å². The first-order chi connectivity index (χ1) is 12.7. The Hall–Kier alpha value is -2.50. The van der Waals surface area contributed by atoms with Crippen molar-refractivity contribution in [1.29, 1.82) is 0 Å². The molecule has 0 unspecified atom stereocenters. The maximum Gasteiger partial charge on any atom is 0.248 e. The highest BCUT2D eigenvalue weighted by Crippen LogP contribution is 2.31. The van der Waals surface area contributed by atoms with Gasteiger partial charge < -0.3 is 9.26 Å². The number of benzene rings is 2. The van der Waals surface area contributed by atoms with E-state index in [9.17, 15) is 0 Å². The summed E-state index contributed by atoms with van der Waals surface area (Å²) in [5, 5.41) is 4.22. The van der Waals surface area contributed by atoms with Gasteiger partial charge in [-0.3, -0.25) is 4.90 Å². The van der Waals surface area contributed by atoms with Crippen LogP contribution in [0.2, 0.25) is 0 Å². The van der Waals surface area contributed by atoms with E-state index in [1.807, 2.05) is 48.5 Å². The second-order valence-electron chi connectivity index (χ2n) is 6.85. The Bertz CT molecular complexity index is 825. The van der Waals surface area contributed by atoms with Crippen LogP contribution in [0.1, 0.15) is 31.3 Å². The Morgan fingerprint density at radius 1 is 0.923 bits per heavy atom. The second kappa shape index (κ2) is 7.40. The van der Waals surface area contributed by atoms with Crippen molar-refractivity contribution in [3.63, 3.8) is 0 Å². The molecular formula is C21H23N3O2. The van der Waals surface area contributed by atoms with Crippen molar-refractivity contribution in [3.05, 3.63) is 72.1 Å². The van der Waals surface area contributed by atoms with Crippen LogP contribution in [-0.2, 0) is 4.74 Å². The van der Waals surface area contributed by atoms with Crippen LogP contribution in [0.3, 0.4) is 0 Å². The van der Waals surface area contributed by atoms with Gasteiger partial charge in [0.15, 0.2) is 0 Å². The van der Waals surface area contributed by atoms with Crippen LogP contribution in [0.25, 0.3) is 11.4 Å². The molecule has 3 aromatic rings. The molecule has 0 bridgehead atoms. The molecule has 0 saturated carbocycles. The van der Waals surface area contributed by atoms with Crippen LogP contribution < -0.4 is 0 Å². The quantitative estimate of drug-likeness (QED) is 0.714. The fourth-order valence-corrected chi connectivity index (χ4v) is 3.62. The first-order valence-electron chi connectivity index (χ1n) is 9.04. The predicted molar refractivity (Wildman–Crippen MR) is 99.6 cm³/mol. The fraction of sp³-hybridized carbons (Fsp3) is 0.333. The Morgan fingerprint density at radius 3 is 2.19 bits per heavy atom. The Kier molecular flexibility index (Phi) is 4.82. The molecule has 0 aliphatic carbocycles. The number of hydrogen-bond donors (Lipinski definition) is 0. The summed E-state index contributed by atoms with van der Waals surface area (Å²) in [7, 11) is 0. The van der Waals surface area contributed by atoms with E-state index in [1.165, 1.54) is 0 Å². The van der Waals surface area contributed by atoms with E-state index >= 15 is 0 Å². The Balaban J connectivity index is 1.71. The molecule has 2 heterocycles. The van der Waals surface area contributed by atoms with Crippen LogP contribution in [-0.4, -0.2) is 40.3 Å². The molecule has 3 atom stereocenters. The molecule has 1 aliphatic rings. The average molecular weight is 349 g/mol. The van der Waals surface area contributed by atoms with E-state index in [0.717, 1.165) is 24.2 Å². The third-order valence-electron chi connectivity index (χ3n) is 4.64. The van der Waals surface area contributed by atoms with E-state index in [-0.39, 0.29) is 18.2 Å². The van der Waals surface area contributed by atoms with Gasteiger partial charge in [0.25, 0.3) is 0 Å². The van der Waals surface area contributed by atoms with Crippen LogP contribution in [0.4, 0.5) is 0 Å². The molecule has 0 N–H and O–H groups in total. The molecule has 26 heavy (non-hydrogen) atoms. The molecule has 2 aromatic carbocycles. The molecule has 5 nitrogen and oxygen atoms in total. The van der Waals surface area contributed by atoms with E-state index in [0.29, 0.717) is 11.7 Å². The van der Waals surface area contributed by atoms with E-state index in [4.69, 9.17) is 14.2 Å². The third-order valence-corrected chi connectivity index (χ3v) is 4.64. The minimum Gasteiger partial charge on any atom is -0.373 e. The van der Waals surface area contributed by atoms with Crippen LogP contribution in [0.15, 0.2) is 65.2 Å². The van der Waals surface area contributed by atoms with Gasteiger partial charge >= 0.3 is 0 Å². The summed E-state index contributed by atoms with van der Waals surface area (Å²) in [6.45, 7) is 5.86. The van der Waals surface area contributed by atoms with Crippen molar-refractivity contribution in [2.75, 3.05) is 13.1 Å². The molecule has 0 spiro atoms. The largest absolute Gasteiger partial charge is 0.373 e. The first-order valence-corrected chi connectivity index (χ1v) is 9.04. The number of morpholine rings is 1. The van der Waals surface area contributed by atoms with Gasteiger partial charge in [-0.25, -0.2) is 0 Å². The maximum absolute atomic E-state index is 5.90. The summed E-state index contributed by atoms with van der Waals surface area (Å²) < 4.78 is 11.6. The van der Waals surface area contributed by atoms with Gasteiger partial charge in [-0.1, -0.05) is 65.8 Å². The summed E-state index contributed by atoms with van der Waals surface area (Å²) in [6.07, 6.45) is 0.336. The first kappa shape index (κ1) is 16.9. The third kappa shape index (κ3) is 3.54.